The third-order valence-corrected chi connectivity index (χ3v) is 7.01. The van der Waals surface area contributed by atoms with Crippen molar-refractivity contribution in [3.05, 3.63) is 89.5 Å². The molecule has 3 amide bonds. The lowest BCUT2D eigenvalue weighted by molar-refractivity contribution is -0.126. The Balaban J connectivity index is 1.48. The van der Waals surface area contributed by atoms with Crippen molar-refractivity contribution in [2.24, 2.45) is 5.92 Å². The average molecular weight is 498 g/mol. The summed E-state index contributed by atoms with van der Waals surface area (Å²) in [7, 11) is 1.59. The van der Waals surface area contributed by atoms with E-state index in [0.29, 0.717) is 23.4 Å². The molecule has 1 saturated carbocycles. The number of nitrogens with one attached hydrogen (secondary N) is 2. The quantitative estimate of drug-likeness (QED) is 0.480. The van der Waals surface area contributed by atoms with Crippen LogP contribution < -0.4 is 20.3 Å². The van der Waals surface area contributed by atoms with E-state index in [1.54, 1.807) is 36.3 Å². The first-order chi connectivity index (χ1) is 17.9. The van der Waals surface area contributed by atoms with Crippen molar-refractivity contribution in [2.45, 2.75) is 44.7 Å². The molecule has 2 unspecified atom stereocenters. The molecular weight excluding hydrogens is 466 g/mol. The molecule has 7 nitrogen and oxygen atoms in total. The van der Waals surface area contributed by atoms with Gasteiger partial charge >= 0.3 is 0 Å². The molecule has 37 heavy (non-hydrogen) atoms. The Morgan fingerprint density at radius 1 is 0.946 bits per heavy atom. The second kappa shape index (κ2) is 10.5. The Morgan fingerprint density at radius 3 is 2.43 bits per heavy atom. The number of rotatable bonds is 7. The van der Waals surface area contributed by atoms with Crippen LogP contribution in [0.25, 0.3) is 0 Å². The van der Waals surface area contributed by atoms with Gasteiger partial charge in [-0.05, 0) is 62.6 Å². The third kappa shape index (κ3) is 5.35. The van der Waals surface area contributed by atoms with Crippen molar-refractivity contribution in [1.82, 2.24) is 5.32 Å². The summed E-state index contributed by atoms with van der Waals surface area (Å²) in [6, 6.07) is 21.9. The molecule has 2 N–H and O–H groups in total. The van der Waals surface area contributed by atoms with Crippen molar-refractivity contribution >= 4 is 29.1 Å². The maximum atomic E-state index is 13.8. The van der Waals surface area contributed by atoms with Gasteiger partial charge in [0.25, 0.3) is 5.91 Å². The van der Waals surface area contributed by atoms with Gasteiger partial charge in [0, 0.05) is 35.0 Å². The van der Waals surface area contributed by atoms with Crippen LogP contribution >= 0.6 is 0 Å². The predicted octanol–water partition coefficient (Wildman–Crippen LogP) is 5.02. The largest absolute Gasteiger partial charge is 0.496 e. The minimum Gasteiger partial charge on any atom is -0.496 e. The van der Waals surface area contributed by atoms with E-state index in [1.807, 2.05) is 55.5 Å². The van der Waals surface area contributed by atoms with Gasteiger partial charge in [-0.3, -0.25) is 14.4 Å². The van der Waals surface area contributed by atoms with Gasteiger partial charge in [-0.1, -0.05) is 42.0 Å². The first-order valence-electron chi connectivity index (χ1n) is 12.7. The van der Waals surface area contributed by atoms with Crippen molar-refractivity contribution in [3.63, 3.8) is 0 Å². The number of amides is 3. The first kappa shape index (κ1) is 24.6. The molecule has 5 rings (SSSR count). The fourth-order valence-electron chi connectivity index (χ4n) is 4.91. The van der Waals surface area contributed by atoms with Gasteiger partial charge in [-0.2, -0.15) is 0 Å². The molecule has 1 heterocycles. The van der Waals surface area contributed by atoms with Gasteiger partial charge in [0.1, 0.15) is 5.75 Å². The highest BCUT2D eigenvalue weighted by Gasteiger charge is 2.42. The zero-order chi connectivity index (χ0) is 25.9. The monoisotopic (exact) mass is 497 g/mol. The topological polar surface area (TPSA) is 87.7 Å². The fraction of sp³-hybridized carbons (Fsp3) is 0.300. The molecule has 190 valence electrons. The number of para-hydroxylation sites is 1. The second-order valence-corrected chi connectivity index (χ2v) is 9.75. The van der Waals surface area contributed by atoms with Gasteiger partial charge in [-0.15, -0.1) is 0 Å². The van der Waals surface area contributed by atoms with E-state index < -0.39 is 12.0 Å². The predicted molar refractivity (Wildman–Crippen MR) is 143 cm³/mol. The Hall–Kier alpha value is -4.13. The molecule has 1 saturated heterocycles. The zero-order valence-corrected chi connectivity index (χ0v) is 21.1. The zero-order valence-electron chi connectivity index (χ0n) is 21.1. The molecule has 0 radical (unpaired) electrons. The molecular formula is C30H31N3O4. The number of carbonyl (C=O) groups is 3. The van der Waals surface area contributed by atoms with Crippen LogP contribution in [0.1, 0.15) is 53.2 Å². The molecule has 0 spiro atoms. The van der Waals surface area contributed by atoms with Crippen LogP contribution in [0.5, 0.6) is 5.75 Å². The maximum Gasteiger partial charge on any atom is 0.251 e. The van der Waals surface area contributed by atoms with Crippen LogP contribution in [0.3, 0.4) is 0 Å². The number of carbonyl (C=O) groups excluding carboxylic acids is 3. The van der Waals surface area contributed by atoms with Crippen LogP contribution in [0.4, 0.5) is 11.4 Å². The minimum atomic E-state index is -0.554. The number of anilines is 2. The maximum absolute atomic E-state index is 13.8. The number of aryl methyl sites for hydroxylation is 1. The minimum absolute atomic E-state index is 0.0393. The van der Waals surface area contributed by atoms with E-state index in [1.165, 1.54) is 0 Å². The van der Waals surface area contributed by atoms with Crippen molar-refractivity contribution in [1.29, 1.82) is 0 Å². The molecule has 1 aliphatic carbocycles. The van der Waals surface area contributed by atoms with Gasteiger partial charge in [0.15, 0.2) is 0 Å². The Bertz CT molecular complexity index is 1320. The van der Waals surface area contributed by atoms with Crippen LogP contribution in [-0.4, -0.2) is 30.9 Å². The normalized spacial score (nSPS) is 19.3. The molecule has 2 atom stereocenters. The van der Waals surface area contributed by atoms with E-state index in [9.17, 15) is 14.4 Å². The highest BCUT2D eigenvalue weighted by atomic mass is 16.5. The summed E-state index contributed by atoms with van der Waals surface area (Å²) in [5, 5.41) is 5.99. The number of piperidine rings is 1. The molecule has 3 aromatic carbocycles. The summed E-state index contributed by atoms with van der Waals surface area (Å²) in [6.07, 6.45) is 2.66. The summed E-state index contributed by atoms with van der Waals surface area (Å²) < 4.78 is 5.65. The van der Waals surface area contributed by atoms with Gasteiger partial charge in [0.05, 0.1) is 19.1 Å². The highest BCUT2D eigenvalue weighted by molar-refractivity contribution is 6.01. The summed E-state index contributed by atoms with van der Waals surface area (Å²) in [6.45, 7) is 1.99. The van der Waals surface area contributed by atoms with Gasteiger partial charge < -0.3 is 20.3 Å². The smallest absolute Gasteiger partial charge is 0.251 e. The molecule has 3 aromatic rings. The van der Waals surface area contributed by atoms with Gasteiger partial charge in [-0.25, -0.2) is 0 Å². The van der Waals surface area contributed by atoms with Gasteiger partial charge in [0.2, 0.25) is 11.8 Å². The van der Waals surface area contributed by atoms with Crippen molar-refractivity contribution in [3.8, 4) is 5.75 Å². The lowest BCUT2D eigenvalue weighted by Gasteiger charge is -2.41. The molecule has 2 aliphatic rings. The van der Waals surface area contributed by atoms with E-state index in [2.05, 4.69) is 10.6 Å². The van der Waals surface area contributed by atoms with Crippen LogP contribution in [0.15, 0.2) is 72.8 Å². The third-order valence-electron chi connectivity index (χ3n) is 7.01. The number of hydrogen-bond donors (Lipinski definition) is 2. The number of hydrogen-bond acceptors (Lipinski definition) is 4. The van der Waals surface area contributed by atoms with Crippen LogP contribution in [0.2, 0.25) is 0 Å². The summed E-state index contributed by atoms with van der Waals surface area (Å²) in [4.78, 5) is 41.3. The molecule has 7 heteroatoms. The Morgan fingerprint density at radius 2 is 1.70 bits per heavy atom. The second-order valence-electron chi connectivity index (χ2n) is 9.75. The number of methoxy groups -OCH3 is 1. The lowest BCUT2D eigenvalue weighted by atomic mass is 9.82. The summed E-state index contributed by atoms with van der Waals surface area (Å²) in [5.41, 5.74) is 3.65. The molecule has 2 fully saturated rings. The van der Waals surface area contributed by atoms with Crippen molar-refractivity contribution in [2.75, 3.05) is 17.3 Å². The first-order valence-corrected chi connectivity index (χ1v) is 12.7. The standard InChI is InChI=1S/C30H31N3O4/c1-19-10-14-23(15-11-19)33-27(34)17-16-25(28(33)24-8-3-4-9-26(24)37-2)30(36)32-22-7-5-6-20(18-22)29(35)31-21-12-13-21/h3-11,14-15,18,21,25,28H,12-13,16-17H2,1-2H3,(H,31,35)(H,32,36). The van der Waals surface area contributed by atoms with E-state index in [0.717, 1.165) is 29.7 Å². The van der Waals surface area contributed by atoms with Crippen LogP contribution in [0, 0.1) is 12.8 Å². The van der Waals surface area contributed by atoms with Crippen LogP contribution in [-0.2, 0) is 9.59 Å². The molecule has 1 aliphatic heterocycles. The molecule has 0 aromatic heterocycles. The van der Waals surface area contributed by atoms with Crippen molar-refractivity contribution < 1.29 is 19.1 Å². The Kier molecular flexibility index (Phi) is 6.95. The summed E-state index contributed by atoms with van der Waals surface area (Å²) >= 11 is 0. The fourth-order valence-corrected chi connectivity index (χ4v) is 4.91. The van der Waals surface area contributed by atoms with E-state index >= 15 is 0 Å². The number of ether oxygens (including phenoxy) is 1. The lowest BCUT2D eigenvalue weighted by Crippen LogP contribution is -2.47. The average Bonchev–Trinajstić information content (AvgIpc) is 3.73. The van der Waals surface area contributed by atoms with E-state index in [4.69, 9.17) is 4.74 Å². The van der Waals surface area contributed by atoms with E-state index in [-0.39, 0.29) is 30.2 Å². The SMILES string of the molecule is COc1ccccc1C1C(C(=O)Nc2cccc(C(=O)NC3CC3)c2)CCC(=O)N1c1ccc(C)cc1. The summed E-state index contributed by atoms with van der Waals surface area (Å²) in [5.74, 6) is -0.294. The highest BCUT2D eigenvalue weighted by Crippen LogP contribution is 2.43. The molecule has 0 bridgehead atoms. The number of benzene rings is 3. The Labute approximate surface area is 216 Å². The number of nitrogens with zero attached hydrogens (tertiary/aromatic N) is 1.